The lowest BCUT2D eigenvalue weighted by Gasteiger charge is -2.29. The second-order valence-electron chi connectivity index (χ2n) is 9.37. The number of hydrogen-bond acceptors (Lipinski definition) is 6. The van der Waals surface area contributed by atoms with Gasteiger partial charge in [-0.3, -0.25) is 19.0 Å². The summed E-state index contributed by atoms with van der Waals surface area (Å²) < 4.78 is 6.91. The topological polar surface area (TPSA) is 81.5 Å². The van der Waals surface area contributed by atoms with Gasteiger partial charge < -0.3 is 9.64 Å². The Morgan fingerprint density at radius 2 is 1.92 bits per heavy atom. The van der Waals surface area contributed by atoms with Crippen molar-refractivity contribution in [2.24, 2.45) is 0 Å². The second-order valence-corrected chi connectivity index (χ2v) is 10.2. The summed E-state index contributed by atoms with van der Waals surface area (Å²) in [4.78, 5) is 46.2. The Hall–Kier alpha value is -4.04. The first-order chi connectivity index (χ1) is 17.8. The van der Waals surface area contributed by atoms with Crippen LogP contribution in [-0.2, 0) is 4.79 Å². The van der Waals surface area contributed by atoms with Crippen molar-refractivity contribution >= 4 is 38.9 Å². The van der Waals surface area contributed by atoms with Crippen molar-refractivity contribution in [1.82, 2.24) is 9.55 Å². The zero-order valence-corrected chi connectivity index (χ0v) is 21.7. The van der Waals surface area contributed by atoms with E-state index in [0.29, 0.717) is 39.7 Å². The Kier molecular flexibility index (Phi) is 6.52. The van der Waals surface area contributed by atoms with Gasteiger partial charge in [0, 0.05) is 23.1 Å². The Morgan fingerprint density at radius 3 is 2.62 bits per heavy atom. The average Bonchev–Trinajstić information content (AvgIpc) is 3.35. The van der Waals surface area contributed by atoms with Crippen molar-refractivity contribution in [2.75, 3.05) is 18.1 Å². The minimum Gasteiger partial charge on any atom is -0.482 e. The Labute approximate surface area is 218 Å². The molecule has 0 aliphatic carbocycles. The predicted molar refractivity (Wildman–Crippen MR) is 147 cm³/mol. The van der Waals surface area contributed by atoms with Gasteiger partial charge >= 0.3 is 0 Å². The molecular weight excluding hydrogens is 486 g/mol. The SMILES string of the molecule is C=CCN1C(=O)COc2ccc(C(=O)C(C)n3cnc4scc(-c5ccc(C(C)C)cc5)c4c3=O)cc21. The fourth-order valence-corrected chi connectivity index (χ4v) is 5.44. The van der Waals surface area contributed by atoms with E-state index in [9.17, 15) is 14.4 Å². The highest BCUT2D eigenvalue weighted by Crippen LogP contribution is 2.35. The summed E-state index contributed by atoms with van der Waals surface area (Å²) in [5, 5.41) is 2.45. The number of carbonyl (C=O) groups is 2. The average molecular weight is 514 g/mol. The number of rotatable bonds is 7. The van der Waals surface area contributed by atoms with E-state index in [1.54, 1.807) is 31.2 Å². The summed E-state index contributed by atoms with van der Waals surface area (Å²) in [6, 6.07) is 12.4. The summed E-state index contributed by atoms with van der Waals surface area (Å²) in [6.45, 7) is 9.92. The molecule has 0 spiro atoms. The maximum absolute atomic E-state index is 13.6. The Balaban J connectivity index is 1.51. The number of amides is 1. The molecule has 188 valence electrons. The molecule has 0 saturated heterocycles. The molecule has 0 bridgehead atoms. The van der Waals surface area contributed by atoms with E-state index in [1.807, 2.05) is 17.5 Å². The summed E-state index contributed by atoms with van der Waals surface area (Å²) in [7, 11) is 0. The molecule has 1 unspecified atom stereocenters. The normalized spacial score (nSPS) is 13.9. The van der Waals surface area contributed by atoms with Crippen molar-refractivity contribution in [2.45, 2.75) is 32.7 Å². The third-order valence-corrected chi connectivity index (χ3v) is 7.59. The molecule has 7 nitrogen and oxygen atoms in total. The number of fused-ring (bicyclic) bond motifs is 2. The second kappa shape index (κ2) is 9.78. The van der Waals surface area contributed by atoms with Gasteiger partial charge in [-0.15, -0.1) is 17.9 Å². The van der Waals surface area contributed by atoms with Gasteiger partial charge in [-0.2, -0.15) is 0 Å². The summed E-state index contributed by atoms with van der Waals surface area (Å²) in [6.07, 6.45) is 3.06. The first kappa shape index (κ1) is 24.6. The molecule has 0 fully saturated rings. The van der Waals surface area contributed by atoms with Crippen LogP contribution in [0.25, 0.3) is 21.3 Å². The summed E-state index contributed by atoms with van der Waals surface area (Å²) in [5.74, 6) is 0.469. The van der Waals surface area contributed by atoms with Gasteiger partial charge in [-0.25, -0.2) is 4.98 Å². The Morgan fingerprint density at radius 1 is 1.16 bits per heavy atom. The minimum atomic E-state index is -0.799. The third kappa shape index (κ3) is 4.38. The van der Waals surface area contributed by atoms with Crippen LogP contribution in [0, 0.1) is 0 Å². The Bertz CT molecular complexity index is 1580. The van der Waals surface area contributed by atoms with Crippen LogP contribution in [-0.4, -0.2) is 34.4 Å². The molecule has 5 rings (SSSR count). The maximum Gasteiger partial charge on any atom is 0.265 e. The van der Waals surface area contributed by atoms with Crippen LogP contribution < -0.4 is 15.2 Å². The van der Waals surface area contributed by atoms with Crippen molar-refractivity contribution in [3.05, 3.63) is 88.3 Å². The van der Waals surface area contributed by atoms with E-state index < -0.39 is 6.04 Å². The van der Waals surface area contributed by atoms with Gasteiger partial charge in [0.2, 0.25) is 0 Å². The van der Waals surface area contributed by atoms with Gasteiger partial charge in [0.05, 0.1) is 23.4 Å². The molecule has 1 aliphatic rings. The number of hydrogen-bond donors (Lipinski definition) is 0. The fourth-order valence-electron chi connectivity index (χ4n) is 4.53. The van der Waals surface area contributed by atoms with Crippen LogP contribution >= 0.6 is 11.3 Å². The van der Waals surface area contributed by atoms with Crippen molar-refractivity contribution in [3.63, 3.8) is 0 Å². The van der Waals surface area contributed by atoms with Crippen LogP contribution in [0.5, 0.6) is 5.75 Å². The lowest BCUT2D eigenvalue weighted by Crippen LogP contribution is -2.39. The van der Waals surface area contributed by atoms with Gasteiger partial charge in [-0.05, 0) is 42.2 Å². The predicted octanol–water partition coefficient (Wildman–Crippen LogP) is 5.60. The molecule has 1 atom stereocenters. The zero-order chi connectivity index (χ0) is 26.3. The number of anilines is 1. The maximum atomic E-state index is 13.6. The molecule has 2 aromatic carbocycles. The van der Waals surface area contributed by atoms with Crippen LogP contribution in [0.3, 0.4) is 0 Å². The van der Waals surface area contributed by atoms with E-state index in [-0.39, 0.29) is 23.9 Å². The molecule has 2 aromatic heterocycles. The van der Waals surface area contributed by atoms with Crippen LogP contribution in [0.15, 0.2) is 71.6 Å². The van der Waals surface area contributed by atoms with Crippen LogP contribution in [0.2, 0.25) is 0 Å². The van der Waals surface area contributed by atoms with Gasteiger partial charge in [0.1, 0.15) is 10.6 Å². The molecule has 3 heterocycles. The quantitative estimate of drug-likeness (QED) is 0.237. The molecule has 0 saturated carbocycles. The van der Waals surface area contributed by atoms with Crippen molar-refractivity contribution < 1.29 is 14.3 Å². The van der Waals surface area contributed by atoms with Gasteiger partial charge in [0.25, 0.3) is 11.5 Å². The zero-order valence-electron chi connectivity index (χ0n) is 20.9. The highest BCUT2D eigenvalue weighted by Gasteiger charge is 2.27. The van der Waals surface area contributed by atoms with E-state index in [1.165, 1.54) is 32.7 Å². The highest BCUT2D eigenvalue weighted by molar-refractivity contribution is 7.17. The molecule has 0 N–H and O–H groups in total. The first-order valence-electron chi connectivity index (χ1n) is 12.1. The lowest BCUT2D eigenvalue weighted by atomic mass is 9.99. The van der Waals surface area contributed by atoms with Crippen LogP contribution in [0.1, 0.15) is 48.7 Å². The van der Waals surface area contributed by atoms with Crippen molar-refractivity contribution in [1.29, 1.82) is 0 Å². The van der Waals surface area contributed by atoms with E-state index in [4.69, 9.17) is 4.74 Å². The molecule has 4 aromatic rings. The number of aromatic nitrogens is 2. The largest absolute Gasteiger partial charge is 0.482 e. The third-order valence-electron chi connectivity index (χ3n) is 6.70. The fraction of sp³-hybridized carbons (Fsp3) is 0.241. The van der Waals surface area contributed by atoms with Gasteiger partial charge in [0.15, 0.2) is 12.4 Å². The minimum absolute atomic E-state index is 0.0607. The number of Topliss-reactive ketones (excluding diaryl/α,β-unsaturated/α-hetero) is 1. The lowest BCUT2D eigenvalue weighted by molar-refractivity contribution is -0.121. The monoisotopic (exact) mass is 513 g/mol. The van der Waals surface area contributed by atoms with Gasteiger partial charge in [-0.1, -0.05) is 44.2 Å². The molecule has 37 heavy (non-hydrogen) atoms. The van der Waals surface area contributed by atoms with E-state index in [0.717, 1.165) is 11.1 Å². The molecule has 8 heteroatoms. The molecular formula is C29H27N3O4S. The molecule has 1 aliphatic heterocycles. The standard InChI is InChI=1S/C29H27N3O4S/c1-5-12-31-23-13-21(10-11-24(23)36-14-25(31)33)27(34)18(4)32-16-30-28-26(29(32)35)22(15-37-28)20-8-6-19(7-9-20)17(2)3/h5-11,13,15-18H,1,12,14H2,2-4H3. The molecule has 1 amide bonds. The number of benzene rings is 2. The van der Waals surface area contributed by atoms with E-state index in [2.05, 4.69) is 37.5 Å². The highest BCUT2D eigenvalue weighted by atomic mass is 32.1. The number of thiophene rings is 1. The summed E-state index contributed by atoms with van der Waals surface area (Å²) in [5.41, 5.74) is 3.60. The number of ether oxygens (including phenoxy) is 1. The number of ketones is 1. The van der Waals surface area contributed by atoms with E-state index >= 15 is 0 Å². The smallest absolute Gasteiger partial charge is 0.265 e. The summed E-state index contributed by atoms with van der Waals surface area (Å²) >= 11 is 1.41. The number of nitrogens with zero attached hydrogens (tertiary/aromatic N) is 3. The number of carbonyl (C=O) groups excluding carboxylic acids is 2. The van der Waals surface area contributed by atoms with Crippen LogP contribution in [0.4, 0.5) is 5.69 Å². The van der Waals surface area contributed by atoms with Crippen molar-refractivity contribution in [3.8, 4) is 16.9 Å². The first-order valence-corrected chi connectivity index (χ1v) is 13.0. The molecule has 0 radical (unpaired) electrons.